The minimum atomic E-state index is -4.53. The van der Waals surface area contributed by atoms with Gasteiger partial charge in [0.15, 0.2) is 0 Å². The lowest BCUT2D eigenvalue weighted by molar-refractivity contribution is -0.144. The molecule has 0 aliphatic carbocycles. The monoisotopic (exact) mass is 362 g/mol. The fraction of sp³-hybridized carbons (Fsp3) is 0.211. The molecule has 0 bridgehead atoms. The molecule has 4 nitrogen and oxygen atoms in total. The van der Waals surface area contributed by atoms with Crippen molar-refractivity contribution in [2.45, 2.75) is 12.3 Å². The first kappa shape index (κ1) is 17.8. The molecule has 2 aromatic carbocycles. The van der Waals surface area contributed by atoms with Gasteiger partial charge in [0.25, 0.3) is 5.91 Å². The molecular weight excluding hydrogens is 345 g/mol. The minimum Gasteiger partial charge on any atom is -0.489 e. The lowest BCUT2D eigenvalue weighted by atomic mass is 10.0. The van der Waals surface area contributed by atoms with Crippen LogP contribution in [0.5, 0.6) is 5.75 Å². The van der Waals surface area contributed by atoms with Crippen molar-refractivity contribution < 1.29 is 22.7 Å². The molecule has 1 N–H and O–H groups in total. The predicted molar refractivity (Wildman–Crippen MR) is 92.0 cm³/mol. The summed E-state index contributed by atoms with van der Waals surface area (Å²) < 4.78 is 44.9. The summed E-state index contributed by atoms with van der Waals surface area (Å²) in [5.74, 6) is -0.288. The second-order valence-corrected chi connectivity index (χ2v) is 5.78. The Labute approximate surface area is 148 Å². The van der Waals surface area contributed by atoms with Crippen LogP contribution in [0, 0.1) is 0 Å². The molecule has 1 amide bonds. The summed E-state index contributed by atoms with van der Waals surface area (Å²) in [5.41, 5.74) is 1.14. The van der Waals surface area contributed by atoms with E-state index in [0.717, 1.165) is 4.90 Å². The number of carbonyl (C=O) groups is 1. The molecule has 0 saturated heterocycles. The smallest absolute Gasteiger partial charge is 0.406 e. The molecule has 0 radical (unpaired) electrons. The van der Waals surface area contributed by atoms with E-state index in [1.165, 1.54) is 6.07 Å². The lowest BCUT2D eigenvalue weighted by Crippen LogP contribution is -2.47. The van der Waals surface area contributed by atoms with Crippen LogP contribution in [0.25, 0.3) is 0 Å². The summed E-state index contributed by atoms with van der Waals surface area (Å²) in [6.07, 6.45) is -3.99. The quantitative estimate of drug-likeness (QED) is 0.803. The normalized spacial score (nSPS) is 16.7. The molecule has 1 aliphatic rings. The van der Waals surface area contributed by atoms with Crippen molar-refractivity contribution in [3.63, 3.8) is 0 Å². The van der Waals surface area contributed by atoms with E-state index < -0.39 is 24.8 Å². The van der Waals surface area contributed by atoms with Crippen molar-refractivity contribution in [3.8, 4) is 5.75 Å². The van der Waals surface area contributed by atoms with Crippen molar-refractivity contribution in [1.29, 1.82) is 0 Å². The average Bonchev–Trinajstić information content (AvgIpc) is 2.61. The van der Waals surface area contributed by atoms with Crippen LogP contribution in [0.1, 0.15) is 22.1 Å². The average molecular weight is 362 g/mol. The van der Waals surface area contributed by atoms with Crippen molar-refractivity contribution in [2.24, 2.45) is 0 Å². The van der Waals surface area contributed by atoms with Crippen LogP contribution in [0.2, 0.25) is 0 Å². The van der Waals surface area contributed by atoms with Gasteiger partial charge < -0.3 is 15.0 Å². The molecule has 26 heavy (non-hydrogen) atoms. The molecule has 7 heteroatoms. The highest BCUT2D eigenvalue weighted by atomic mass is 19.4. The Hall–Kier alpha value is -2.96. The molecule has 0 spiro atoms. The van der Waals surface area contributed by atoms with E-state index in [1.54, 1.807) is 48.5 Å². The molecular formula is C19H17F3N2O2. The maximum absolute atomic E-state index is 13.1. The number of carbonyl (C=O) groups excluding carboxylic acids is 1. The number of alkyl halides is 3. The number of nitrogens with zero attached hydrogens (tertiary/aromatic N) is 1. The maximum atomic E-state index is 13.1. The van der Waals surface area contributed by atoms with Gasteiger partial charge in [0, 0.05) is 11.3 Å². The number of hydrogen-bond donors (Lipinski definition) is 1. The van der Waals surface area contributed by atoms with Crippen LogP contribution in [0.3, 0.4) is 0 Å². The molecule has 0 unspecified atom stereocenters. The largest absolute Gasteiger partial charge is 0.489 e. The van der Waals surface area contributed by atoms with E-state index in [1.807, 2.05) is 0 Å². The summed E-state index contributed by atoms with van der Waals surface area (Å²) in [6, 6.07) is 13.2. The molecule has 0 aromatic heterocycles. The highest BCUT2D eigenvalue weighted by Crippen LogP contribution is 2.38. The van der Waals surface area contributed by atoms with Gasteiger partial charge in [0.05, 0.1) is 5.56 Å². The number of hydrogen-bond acceptors (Lipinski definition) is 3. The summed E-state index contributed by atoms with van der Waals surface area (Å²) >= 11 is 0. The zero-order chi connectivity index (χ0) is 18.7. The van der Waals surface area contributed by atoms with Gasteiger partial charge in [-0.15, -0.1) is 0 Å². The summed E-state index contributed by atoms with van der Waals surface area (Å²) in [4.78, 5) is 13.5. The Morgan fingerprint density at radius 1 is 1.15 bits per heavy atom. The van der Waals surface area contributed by atoms with Crippen LogP contribution in [-0.4, -0.2) is 30.1 Å². The van der Waals surface area contributed by atoms with Gasteiger partial charge in [-0.05, 0) is 18.2 Å². The van der Waals surface area contributed by atoms with Crippen LogP contribution in [0.15, 0.2) is 61.2 Å². The number of anilines is 1. The van der Waals surface area contributed by atoms with Gasteiger partial charge in [-0.1, -0.05) is 43.0 Å². The van der Waals surface area contributed by atoms with Crippen LogP contribution in [0.4, 0.5) is 18.9 Å². The number of benzene rings is 2. The number of amides is 1. The fourth-order valence-corrected chi connectivity index (χ4v) is 2.88. The second kappa shape index (κ2) is 7.11. The Morgan fingerprint density at radius 3 is 2.58 bits per heavy atom. The molecule has 1 atom stereocenters. The van der Waals surface area contributed by atoms with E-state index in [4.69, 9.17) is 4.74 Å². The number of nitrogens with one attached hydrogen (secondary N) is 1. The zero-order valence-corrected chi connectivity index (χ0v) is 13.8. The number of fused-ring (bicyclic) bond motifs is 1. The molecule has 1 heterocycles. The van der Waals surface area contributed by atoms with Gasteiger partial charge in [-0.3, -0.25) is 4.79 Å². The number of para-hydroxylation sites is 2. The van der Waals surface area contributed by atoms with Gasteiger partial charge in [0.1, 0.15) is 25.1 Å². The van der Waals surface area contributed by atoms with Crippen molar-refractivity contribution in [2.75, 3.05) is 18.5 Å². The van der Waals surface area contributed by atoms with E-state index in [9.17, 15) is 18.0 Å². The molecule has 136 valence electrons. The van der Waals surface area contributed by atoms with Gasteiger partial charge >= 0.3 is 6.18 Å². The molecule has 3 rings (SSSR count). The third kappa shape index (κ3) is 3.66. The third-order valence-corrected chi connectivity index (χ3v) is 3.94. The van der Waals surface area contributed by atoms with Crippen LogP contribution >= 0.6 is 0 Å². The highest BCUT2D eigenvalue weighted by molar-refractivity contribution is 6.01. The van der Waals surface area contributed by atoms with Gasteiger partial charge in [0.2, 0.25) is 0 Å². The summed E-state index contributed by atoms with van der Waals surface area (Å²) in [5, 5.41) is 3.03. The maximum Gasteiger partial charge on any atom is 0.406 e. The van der Waals surface area contributed by atoms with Crippen molar-refractivity contribution >= 4 is 11.6 Å². The topological polar surface area (TPSA) is 41.6 Å². The molecule has 0 saturated carbocycles. The number of rotatable bonds is 5. The van der Waals surface area contributed by atoms with E-state index in [0.29, 0.717) is 17.0 Å². The Bertz CT molecular complexity index is 820. The SMILES string of the molecule is C=CCOc1ccccc1[C@@H]1Nc2ccccc2C(=O)N1CC(F)(F)F. The van der Waals surface area contributed by atoms with Crippen LogP contribution in [-0.2, 0) is 0 Å². The lowest BCUT2D eigenvalue weighted by Gasteiger charge is -2.38. The van der Waals surface area contributed by atoms with Crippen LogP contribution < -0.4 is 10.1 Å². The Balaban J connectivity index is 2.06. The zero-order valence-electron chi connectivity index (χ0n) is 13.8. The summed E-state index contributed by atoms with van der Waals surface area (Å²) in [6.45, 7) is 2.40. The minimum absolute atomic E-state index is 0.202. The first-order valence-corrected chi connectivity index (χ1v) is 7.96. The Morgan fingerprint density at radius 2 is 1.85 bits per heavy atom. The number of ether oxygens (including phenoxy) is 1. The second-order valence-electron chi connectivity index (χ2n) is 5.78. The van der Waals surface area contributed by atoms with Crippen molar-refractivity contribution in [3.05, 3.63) is 72.3 Å². The van der Waals surface area contributed by atoms with E-state index in [-0.39, 0.29) is 12.2 Å². The summed E-state index contributed by atoms with van der Waals surface area (Å²) in [7, 11) is 0. The predicted octanol–water partition coefficient (Wildman–Crippen LogP) is 4.38. The van der Waals surface area contributed by atoms with Gasteiger partial charge in [-0.25, -0.2) is 0 Å². The molecule has 1 aliphatic heterocycles. The Kier molecular flexibility index (Phi) is 4.88. The first-order chi connectivity index (χ1) is 12.4. The highest BCUT2D eigenvalue weighted by Gasteiger charge is 2.41. The number of halogens is 3. The van der Waals surface area contributed by atoms with Crippen molar-refractivity contribution in [1.82, 2.24) is 4.90 Å². The molecule has 0 fully saturated rings. The van der Waals surface area contributed by atoms with E-state index in [2.05, 4.69) is 11.9 Å². The first-order valence-electron chi connectivity index (χ1n) is 7.96. The van der Waals surface area contributed by atoms with E-state index >= 15 is 0 Å². The molecule has 2 aromatic rings. The van der Waals surface area contributed by atoms with Gasteiger partial charge in [-0.2, -0.15) is 13.2 Å². The third-order valence-electron chi connectivity index (χ3n) is 3.94. The standard InChI is InChI=1S/C19H17F3N2O2/c1-2-11-26-16-10-6-4-8-14(16)17-23-15-9-5-3-7-13(15)18(25)24(17)12-19(20,21)22/h2-10,17,23H,1,11-12H2/t17-/m1/s1. The fourth-order valence-electron chi connectivity index (χ4n) is 2.88.